The number of furan rings is 1. The predicted molar refractivity (Wildman–Crippen MR) is 91.5 cm³/mol. The fourth-order valence-corrected chi connectivity index (χ4v) is 5.57. The number of fused-ring (bicyclic) bond motifs is 1. The minimum absolute atomic E-state index is 0.0147. The molecule has 4 atom stereocenters. The van der Waals surface area contributed by atoms with Crippen molar-refractivity contribution in [3.8, 4) is 0 Å². The highest BCUT2D eigenvalue weighted by molar-refractivity contribution is 5.87. The number of hydrogen-bond acceptors (Lipinski definition) is 3. The smallest absolute Gasteiger partial charge is 0.331 e. The minimum atomic E-state index is -0.894. The summed E-state index contributed by atoms with van der Waals surface area (Å²) in [6.07, 6.45) is 9.02. The normalized spacial score (nSPS) is 35.2. The molecule has 2 aliphatic rings. The first kappa shape index (κ1) is 17.3. The molecule has 0 radical (unpaired) electrons. The van der Waals surface area contributed by atoms with Crippen molar-refractivity contribution in [2.75, 3.05) is 0 Å². The molecule has 0 spiro atoms. The highest BCUT2D eigenvalue weighted by atomic mass is 16.4. The van der Waals surface area contributed by atoms with Crippen LogP contribution < -0.4 is 0 Å². The number of carbonyl (C=O) groups is 1. The lowest BCUT2D eigenvalue weighted by Crippen LogP contribution is -2.55. The zero-order valence-electron chi connectivity index (χ0n) is 14.8. The average molecular weight is 332 g/mol. The van der Waals surface area contributed by atoms with E-state index in [0.717, 1.165) is 37.7 Å². The first-order chi connectivity index (χ1) is 11.3. The van der Waals surface area contributed by atoms with E-state index in [9.17, 15) is 15.0 Å². The molecule has 4 heteroatoms. The van der Waals surface area contributed by atoms with Gasteiger partial charge >= 0.3 is 5.97 Å². The molecule has 1 aromatic heterocycles. The molecule has 0 bridgehead atoms. The monoisotopic (exact) mass is 332 g/mol. The van der Waals surface area contributed by atoms with Crippen molar-refractivity contribution in [2.24, 2.45) is 22.7 Å². The Labute approximate surface area is 143 Å². The summed E-state index contributed by atoms with van der Waals surface area (Å²) in [4.78, 5) is 11.9. The Morgan fingerprint density at radius 1 is 1.33 bits per heavy atom. The maximum Gasteiger partial charge on any atom is 0.331 e. The zero-order valence-corrected chi connectivity index (χ0v) is 14.8. The quantitative estimate of drug-likeness (QED) is 0.873. The molecule has 1 saturated carbocycles. The number of aliphatic carboxylic acids is 1. The number of aliphatic hydroxyl groups is 1. The summed E-state index contributed by atoms with van der Waals surface area (Å²) >= 11 is 0. The van der Waals surface area contributed by atoms with Gasteiger partial charge in [0.1, 0.15) is 0 Å². The van der Waals surface area contributed by atoms with Crippen LogP contribution in [-0.4, -0.2) is 22.3 Å². The van der Waals surface area contributed by atoms with Gasteiger partial charge in [-0.05, 0) is 66.1 Å². The highest BCUT2D eigenvalue weighted by Gasteiger charge is 2.56. The van der Waals surface area contributed by atoms with E-state index in [2.05, 4.69) is 20.8 Å². The topological polar surface area (TPSA) is 70.7 Å². The van der Waals surface area contributed by atoms with Crippen molar-refractivity contribution in [1.82, 2.24) is 0 Å². The molecule has 2 aliphatic carbocycles. The summed E-state index contributed by atoms with van der Waals surface area (Å²) in [5.74, 6) is -0.844. The van der Waals surface area contributed by atoms with Crippen LogP contribution in [0.4, 0.5) is 0 Å². The largest absolute Gasteiger partial charge is 0.478 e. The standard InChI is InChI=1S/C20H28O4/c1-19(2)8-4-9-20(3)15(6-5-13-7-10-24-12-13)14(18(22)23)11-16(21)17(19)20/h7,10-12,15-17,21H,4-6,8-9H2,1-3H3,(H,22,23)/t15-,16?,17-,20+/m0/s1. The Morgan fingerprint density at radius 3 is 2.71 bits per heavy atom. The summed E-state index contributed by atoms with van der Waals surface area (Å²) in [5, 5.41) is 20.5. The van der Waals surface area contributed by atoms with E-state index in [1.807, 2.05) is 6.07 Å². The Morgan fingerprint density at radius 2 is 2.08 bits per heavy atom. The van der Waals surface area contributed by atoms with Crippen molar-refractivity contribution in [2.45, 2.75) is 59.0 Å². The van der Waals surface area contributed by atoms with Gasteiger partial charge in [-0.3, -0.25) is 0 Å². The SMILES string of the molecule is CC1(C)CCC[C@]2(C)[C@@H](CCc3ccoc3)C(C(=O)O)=CC(O)[C@@H]12. The Kier molecular flexibility index (Phi) is 4.37. The van der Waals surface area contributed by atoms with Gasteiger partial charge in [0.15, 0.2) is 0 Å². The van der Waals surface area contributed by atoms with Crippen LogP contribution in [0.3, 0.4) is 0 Å². The van der Waals surface area contributed by atoms with Crippen molar-refractivity contribution in [3.05, 3.63) is 35.8 Å². The van der Waals surface area contributed by atoms with Gasteiger partial charge in [-0.2, -0.15) is 0 Å². The van der Waals surface area contributed by atoms with Crippen LogP contribution in [0.1, 0.15) is 52.0 Å². The van der Waals surface area contributed by atoms with Gasteiger partial charge < -0.3 is 14.6 Å². The summed E-state index contributed by atoms with van der Waals surface area (Å²) < 4.78 is 5.14. The molecule has 0 saturated heterocycles. The first-order valence-electron chi connectivity index (χ1n) is 8.90. The second-order valence-corrected chi connectivity index (χ2v) is 8.47. The van der Waals surface area contributed by atoms with Crippen molar-refractivity contribution in [3.63, 3.8) is 0 Å². The van der Waals surface area contributed by atoms with Gasteiger partial charge in [-0.1, -0.05) is 27.2 Å². The maximum atomic E-state index is 11.9. The van der Waals surface area contributed by atoms with E-state index < -0.39 is 12.1 Å². The second kappa shape index (κ2) is 6.07. The van der Waals surface area contributed by atoms with Gasteiger partial charge in [0.2, 0.25) is 0 Å². The van der Waals surface area contributed by atoms with Crippen molar-refractivity contribution in [1.29, 1.82) is 0 Å². The molecule has 0 aliphatic heterocycles. The van der Waals surface area contributed by atoms with E-state index in [1.165, 1.54) is 0 Å². The zero-order chi connectivity index (χ0) is 17.5. The predicted octanol–water partition coefficient (Wildman–Crippen LogP) is 4.05. The van der Waals surface area contributed by atoms with E-state index in [1.54, 1.807) is 18.6 Å². The maximum absolute atomic E-state index is 11.9. The van der Waals surface area contributed by atoms with E-state index in [-0.39, 0.29) is 22.7 Å². The summed E-state index contributed by atoms with van der Waals surface area (Å²) in [7, 11) is 0. The molecule has 0 amide bonds. The molecule has 3 rings (SSSR count). The fourth-order valence-electron chi connectivity index (χ4n) is 5.57. The lowest BCUT2D eigenvalue weighted by molar-refractivity contribution is -0.139. The Bertz CT molecular complexity index is 628. The van der Waals surface area contributed by atoms with Crippen molar-refractivity contribution >= 4 is 5.97 Å². The lowest BCUT2D eigenvalue weighted by atomic mass is 9.47. The molecule has 24 heavy (non-hydrogen) atoms. The van der Waals surface area contributed by atoms with Gasteiger partial charge in [0, 0.05) is 5.57 Å². The van der Waals surface area contributed by atoms with Crippen LogP contribution in [-0.2, 0) is 11.2 Å². The van der Waals surface area contributed by atoms with E-state index in [4.69, 9.17) is 4.42 Å². The molecule has 2 N–H and O–H groups in total. The van der Waals surface area contributed by atoms with Crippen LogP contribution in [0, 0.1) is 22.7 Å². The molecule has 1 aromatic rings. The molecule has 1 heterocycles. The van der Waals surface area contributed by atoms with Gasteiger partial charge in [-0.15, -0.1) is 0 Å². The summed E-state index contributed by atoms with van der Waals surface area (Å²) in [6.45, 7) is 6.62. The number of carboxylic acids is 1. The molecular weight excluding hydrogens is 304 g/mol. The Hall–Kier alpha value is -1.55. The highest BCUT2D eigenvalue weighted by Crippen LogP contribution is 2.60. The minimum Gasteiger partial charge on any atom is -0.478 e. The number of aryl methyl sites for hydroxylation is 1. The third kappa shape index (κ3) is 2.81. The van der Waals surface area contributed by atoms with Crippen molar-refractivity contribution < 1.29 is 19.4 Å². The third-order valence-electron chi connectivity index (χ3n) is 6.50. The second-order valence-electron chi connectivity index (χ2n) is 8.47. The molecule has 132 valence electrons. The lowest BCUT2D eigenvalue weighted by Gasteiger charge is -2.58. The van der Waals surface area contributed by atoms with Crippen LogP contribution in [0.5, 0.6) is 0 Å². The number of hydrogen-bond donors (Lipinski definition) is 2. The molecule has 0 aromatic carbocycles. The Balaban J connectivity index is 1.97. The number of aliphatic hydroxyl groups excluding tert-OH is 1. The number of rotatable bonds is 4. The molecule has 4 nitrogen and oxygen atoms in total. The molecular formula is C20H28O4. The van der Waals surface area contributed by atoms with Crippen LogP contribution in [0.2, 0.25) is 0 Å². The molecule has 1 unspecified atom stereocenters. The fraction of sp³-hybridized carbons (Fsp3) is 0.650. The van der Waals surface area contributed by atoms with Crippen LogP contribution in [0.15, 0.2) is 34.7 Å². The van der Waals surface area contributed by atoms with Crippen LogP contribution >= 0.6 is 0 Å². The van der Waals surface area contributed by atoms with E-state index in [0.29, 0.717) is 5.57 Å². The summed E-state index contributed by atoms with van der Waals surface area (Å²) in [6, 6.07) is 1.94. The van der Waals surface area contributed by atoms with Crippen LogP contribution in [0.25, 0.3) is 0 Å². The van der Waals surface area contributed by atoms with Gasteiger partial charge in [-0.25, -0.2) is 4.79 Å². The molecule has 1 fully saturated rings. The third-order valence-corrected chi connectivity index (χ3v) is 6.50. The summed E-state index contributed by atoms with van der Waals surface area (Å²) in [5.41, 5.74) is 1.32. The number of carboxylic acid groups (broad SMARTS) is 1. The van der Waals surface area contributed by atoms with Gasteiger partial charge in [0.25, 0.3) is 0 Å². The average Bonchev–Trinajstić information content (AvgIpc) is 2.97. The van der Waals surface area contributed by atoms with E-state index >= 15 is 0 Å². The first-order valence-corrected chi connectivity index (χ1v) is 8.90. The van der Waals surface area contributed by atoms with Gasteiger partial charge in [0.05, 0.1) is 18.6 Å².